The second kappa shape index (κ2) is 7.92. The Morgan fingerprint density at radius 2 is 1.89 bits per heavy atom. The number of aromatic nitrogens is 4. The van der Waals surface area contributed by atoms with Gasteiger partial charge < -0.3 is 9.88 Å². The van der Waals surface area contributed by atoms with E-state index < -0.39 is 0 Å². The van der Waals surface area contributed by atoms with Crippen LogP contribution in [0.3, 0.4) is 0 Å². The maximum absolute atomic E-state index is 11.2. The molecule has 6 nitrogen and oxygen atoms in total. The summed E-state index contributed by atoms with van der Waals surface area (Å²) in [5.41, 5.74) is 5.13. The van der Waals surface area contributed by atoms with Gasteiger partial charge in [0.2, 0.25) is 11.5 Å². The topological polar surface area (TPSA) is 74.8 Å². The highest BCUT2D eigenvalue weighted by Crippen LogP contribution is 2.26. The summed E-state index contributed by atoms with van der Waals surface area (Å²) in [4.78, 5) is 30.1. The molecule has 0 aromatic carbocycles. The van der Waals surface area contributed by atoms with Crippen molar-refractivity contribution < 1.29 is 0 Å². The van der Waals surface area contributed by atoms with Gasteiger partial charge in [-0.3, -0.25) is 9.78 Å². The minimum Gasteiger partial charge on any atom is -0.341 e. The molecule has 144 valence electrons. The molecule has 3 aromatic heterocycles. The van der Waals surface area contributed by atoms with Crippen molar-refractivity contribution in [3.05, 3.63) is 70.0 Å². The van der Waals surface area contributed by atoms with Gasteiger partial charge in [-0.15, -0.1) is 0 Å². The van der Waals surface area contributed by atoms with E-state index in [-0.39, 0.29) is 5.56 Å². The Balaban J connectivity index is 1.43. The molecule has 0 bridgehead atoms. The third kappa shape index (κ3) is 4.11. The molecule has 0 atom stereocenters. The van der Waals surface area contributed by atoms with Gasteiger partial charge in [0, 0.05) is 48.5 Å². The lowest BCUT2D eigenvalue weighted by molar-refractivity contribution is 0.400. The number of hydrogen-bond acceptors (Lipinski definition) is 5. The van der Waals surface area contributed by atoms with E-state index in [2.05, 4.69) is 25.9 Å². The highest BCUT2D eigenvalue weighted by atomic mass is 16.1. The fourth-order valence-corrected chi connectivity index (χ4v) is 3.85. The number of piperidine rings is 1. The molecule has 1 aliphatic rings. The number of aryl methyl sites for hydroxylation is 2. The smallest absolute Gasteiger partial charge is 0.247 e. The number of pyridine rings is 2. The van der Waals surface area contributed by atoms with Crippen LogP contribution >= 0.6 is 0 Å². The Labute approximate surface area is 164 Å². The van der Waals surface area contributed by atoms with Gasteiger partial charge in [0.25, 0.3) is 0 Å². The van der Waals surface area contributed by atoms with Gasteiger partial charge >= 0.3 is 0 Å². The Bertz CT molecular complexity index is 1000. The molecule has 0 radical (unpaired) electrons. The standard InChI is InChI=1S/C22H25N5O/c1-15-3-5-19(16(2)25-15)20-7-10-23-22(26-20)27-11-8-17(9-12-27)13-18-4-6-21(28)24-14-18/h3-7,10,14,17H,8-9,11-13H2,1-2H3,(H,24,28). The van der Waals surface area contributed by atoms with E-state index in [0.717, 1.165) is 60.9 Å². The van der Waals surface area contributed by atoms with Crippen molar-refractivity contribution in [1.29, 1.82) is 0 Å². The van der Waals surface area contributed by atoms with Crippen LogP contribution in [-0.4, -0.2) is 33.0 Å². The molecule has 1 aliphatic heterocycles. The Morgan fingerprint density at radius 3 is 2.61 bits per heavy atom. The van der Waals surface area contributed by atoms with Gasteiger partial charge in [-0.05, 0) is 62.8 Å². The van der Waals surface area contributed by atoms with E-state index in [9.17, 15) is 4.79 Å². The lowest BCUT2D eigenvalue weighted by Gasteiger charge is -2.32. The summed E-state index contributed by atoms with van der Waals surface area (Å²) < 4.78 is 0. The number of rotatable bonds is 4. The molecule has 4 rings (SSSR count). The summed E-state index contributed by atoms with van der Waals surface area (Å²) in [5, 5.41) is 0. The molecule has 4 heterocycles. The molecule has 0 amide bonds. The van der Waals surface area contributed by atoms with Crippen LogP contribution in [-0.2, 0) is 6.42 Å². The summed E-state index contributed by atoms with van der Waals surface area (Å²) >= 11 is 0. The molecule has 0 spiro atoms. The molecule has 28 heavy (non-hydrogen) atoms. The van der Waals surface area contributed by atoms with Crippen molar-refractivity contribution in [2.24, 2.45) is 5.92 Å². The highest BCUT2D eigenvalue weighted by Gasteiger charge is 2.21. The maximum Gasteiger partial charge on any atom is 0.247 e. The van der Waals surface area contributed by atoms with Crippen molar-refractivity contribution in [2.75, 3.05) is 18.0 Å². The zero-order chi connectivity index (χ0) is 19.5. The van der Waals surface area contributed by atoms with Gasteiger partial charge in [0.15, 0.2) is 0 Å². The van der Waals surface area contributed by atoms with Crippen LogP contribution in [0, 0.1) is 19.8 Å². The summed E-state index contributed by atoms with van der Waals surface area (Å²) in [6.45, 7) is 5.91. The zero-order valence-electron chi connectivity index (χ0n) is 16.4. The lowest BCUT2D eigenvalue weighted by Crippen LogP contribution is -2.35. The highest BCUT2D eigenvalue weighted by molar-refractivity contribution is 5.62. The summed E-state index contributed by atoms with van der Waals surface area (Å²) in [5.74, 6) is 1.41. The van der Waals surface area contributed by atoms with Crippen LogP contribution in [0.4, 0.5) is 5.95 Å². The van der Waals surface area contributed by atoms with Gasteiger partial charge in [-0.25, -0.2) is 9.97 Å². The number of nitrogens with zero attached hydrogens (tertiary/aromatic N) is 4. The van der Waals surface area contributed by atoms with Gasteiger partial charge in [-0.2, -0.15) is 0 Å². The number of aromatic amines is 1. The first kappa shape index (κ1) is 18.3. The molecule has 0 aliphatic carbocycles. The zero-order valence-corrected chi connectivity index (χ0v) is 16.4. The summed E-state index contributed by atoms with van der Waals surface area (Å²) in [7, 11) is 0. The van der Waals surface area contributed by atoms with Crippen LogP contribution in [0.25, 0.3) is 11.3 Å². The molecular formula is C22H25N5O. The monoisotopic (exact) mass is 375 g/mol. The van der Waals surface area contributed by atoms with E-state index >= 15 is 0 Å². The Hall–Kier alpha value is -3.02. The molecule has 0 unspecified atom stereocenters. The van der Waals surface area contributed by atoms with Gasteiger partial charge in [-0.1, -0.05) is 6.07 Å². The minimum absolute atomic E-state index is 0.0467. The quantitative estimate of drug-likeness (QED) is 0.757. The van der Waals surface area contributed by atoms with E-state index in [0.29, 0.717) is 5.92 Å². The van der Waals surface area contributed by atoms with Crippen molar-refractivity contribution in [2.45, 2.75) is 33.1 Å². The molecule has 6 heteroatoms. The van der Waals surface area contributed by atoms with E-state index in [1.807, 2.05) is 44.4 Å². The van der Waals surface area contributed by atoms with Gasteiger partial charge in [0.05, 0.1) is 5.69 Å². The first-order chi connectivity index (χ1) is 13.6. The average Bonchev–Trinajstić information content (AvgIpc) is 2.70. The Kier molecular flexibility index (Phi) is 5.19. The molecule has 3 aromatic rings. The van der Waals surface area contributed by atoms with Gasteiger partial charge in [0.1, 0.15) is 0 Å². The second-order valence-electron chi connectivity index (χ2n) is 7.52. The normalized spacial score (nSPS) is 15.0. The third-order valence-corrected chi connectivity index (χ3v) is 5.41. The number of anilines is 1. The summed E-state index contributed by atoms with van der Waals surface area (Å²) in [6.07, 6.45) is 6.86. The molecular weight excluding hydrogens is 350 g/mol. The molecule has 1 N–H and O–H groups in total. The minimum atomic E-state index is -0.0467. The first-order valence-corrected chi connectivity index (χ1v) is 9.79. The predicted molar refractivity (Wildman–Crippen MR) is 110 cm³/mol. The van der Waals surface area contributed by atoms with E-state index in [4.69, 9.17) is 4.98 Å². The van der Waals surface area contributed by atoms with E-state index in [1.54, 1.807) is 6.07 Å². The van der Waals surface area contributed by atoms with E-state index in [1.165, 1.54) is 5.56 Å². The van der Waals surface area contributed by atoms with Crippen molar-refractivity contribution >= 4 is 5.95 Å². The molecule has 1 fully saturated rings. The van der Waals surface area contributed by atoms with Crippen molar-refractivity contribution in [3.8, 4) is 11.3 Å². The van der Waals surface area contributed by atoms with Crippen LogP contribution in [0.1, 0.15) is 29.8 Å². The second-order valence-corrected chi connectivity index (χ2v) is 7.52. The molecule has 1 saturated heterocycles. The SMILES string of the molecule is Cc1ccc(-c2ccnc(N3CCC(Cc4ccc(=O)[nH]c4)CC3)n2)c(C)n1. The predicted octanol–water partition coefficient (Wildman–Crippen LogP) is 3.30. The van der Waals surface area contributed by atoms with Crippen molar-refractivity contribution in [3.63, 3.8) is 0 Å². The number of H-pyrrole nitrogens is 1. The van der Waals surface area contributed by atoms with Crippen LogP contribution < -0.4 is 10.5 Å². The fourth-order valence-electron chi connectivity index (χ4n) is 3.85. The van der Waals surface area contributed by atoms with Crippen LogP contribution in [0.5, 0.6) is 0 Å². The fraction of sp³-hybridized carbons (Fsp3) is 0.364. The maximum atomic E-state index is 11.2. The lowest BCUT2D eigenvalue weighted by atomic mass is 9.91. The third-order valence-electron chi connectivity index (χ3n) is 5.41. The first-order valence-electron chi connectivity index (χ1n) is 9.79. The number of nitrogens with one attached hydrogen (secondary N) is 1. The Morgan fingerprint density at radius 1 is 1.07 bits per heavy atom. The largest absolute Gasteiger partial charge is 0.341 e. The van der Waals surface area contributed by atoms with Crippen LogP contribution in [0.2, 0.25) is 0 Å². The number of hydrogen-bond donors (Lipinski definition) is 1. The van der Waals surface area contributed by atoms with Crippen molar-refractivity contribution in [1.82, 2.24) is 19.9 Å². The summed E-state index contributed by atoms with van der Waals surface area (Å²) in [6, 6.07) is 9.58. The molecule has 0 saturated carbocycles. The van der Waals surface area contributed by atoms with Crippen LogP contribution in [0.15, 0.2) is 47.5 Å². The average molecular weight is 375 g/mol.